The number of aliphatic carboxylic acids is 1. The van der Waals surface area contributed by atoms with Gasteiger partial charge in [-0.2, -0.15) is 0 Å². The molecule has 0 radical (unpaired) electrons. The number of benzene rings is 2. The summed E-state index contributed by atoms with van der Waals surface area (Å²) in [5.74, 6) is -1.25. The molecular formula is C24H26FO4-. The molecule has 1 atom stereocenters. The molecule has 0 amide bonds. The summed E-state index contributed by atoms with van der Waals surface area (Å²) < 4.78 is 13.5. The summed E-state index contributed by atoms with van der Waals surface area (Å²) in [6, 6.07) is 6.25. The van der Waals surface area contributed by atoms with E-state index in [-0.39, 0.29) is 29.7 Å². The topological polar surface area (TPSA) is 77.4 Å². The van der Waals surface area contributed by atoms with Gasteiger partial charge in [0.1, 0.15) is 11.6 Å². The van der Waals surface area contributed by atoms with Crippen LogP contribution in [0.15, 0.2) is 24.3 Å². The van der Waals surface area contributed by atoms with Gasteiger partial charge in [0.15, 0.2) is 5.78 Å². The smallest absolute Gasteiger partial charge is 0.163 e. The van der Waals surface area contributed by atoms with Crippen molar-refractivity contribution < 1.29 is 24.2 Å². The molecule has 1 aliphatic rings. The molecule has 0 heterocycles. The van der Waals surface area contributed by atoms with Crippen molar-refractivity contribution in [3.63, 3.8) is 0 Å². The maximum atomic E-state index is 13.5. The predicted molar refractivity (Wildman–Crippen MR) is 107 cm³/mol. The Morgan fingerprint density at radius 3 is 2.45 bits per heavy atom. The Hall–Kier alpha value is -2.69. The summed E-state index contributed by atoms with van der Waals surface area (Å²) >= 11 is 0. The Balaban J connectivity index is 2.00. The monoisotopic (exact) mass is 397 g/mol. The summed E-state index contributed by atoms with van der Waals surface area (Å²) in [6.45, 7) is 3.69. The minimum atomic E-state index is -1.05. The van der Waals surface area contributed by atoms with Gasteiger partial charge >= 0.3 is 0 Å². The highest BCUT2D eigenvalue weighted by molar-refractivity contribution is 6.03. The Morgan fingerprint density at radius 1 is 1.10 bits per heavy atom. The first-order valence-corrected chi connectivity index (χ1v) is 10.1. The van der Waals surface area contributed by atoms with Crippen molar-refractivity contribution in [3.8, 4) is 5.75 Å². The fourth-order valence-corrected chi connectivity index (χ4v) is 4.41. The number of rotatable bonds is 8. The lowest BCUT2D eigenvalue weighted by molar-refractivity contribution is -0.305. The van der Waals surface area contributed by atoms with Crippen LogP contribution in [0.25, 0.3) is 0 Å². The molecule has 0 spiro atoms. The number of hydrogen-bond acceptors (Lipinski definition) is 4. The van der Waals surface area contributed by atoms with Crippen LogP contribution in [0.1, 0.15) is 82.6 Å². The van der Waals surface area contributed by atoms with E-state index in [0.29, 0.717) is 31.2 Å². The van der Waals surface area contributed by atoms with Crippen LogP contribution in [0.3, 0.4) is 0 Å². The van der Waals surface area contributed by atoms with E-state index in [0.717, 1.165) is 40.7 Å². The fraction of sp³-hybridized carbons (Fsp3) is 0.417. The van der Waals surface area contributed by atoms with Crippen molar-refractivity contribution in [2.75, 3.05) is 0 Å². The number of unbranched alkanes of at least 4 members (excludes halogenated alkanes) is 2. The Kier molecular flexibility index (Phi) is 6.36. The molecular weight excluding hydrogens is 371 g/mol. The average Bonchev–Trinajstić information content (AvgIpc) is 3.06. The molecule has 0 unspecified atom stereocenters. The molecule has 29 heavy (non-hydrogen) atoms. The number of halogens is 1. The average molecular weight is 397 g/mol. The van der Waals surface area contributed by atoms with E-state index >= 15 is 0 Å². The van der Waals surface area contributed by atoms with Crippen LogP contribution in [-0.2, 0) is 11.2 Å². The SMILES string of the molecule is Cc1c(C)c2c(c([C@H](CCCCCC(=O)[O-])c3ccc(F)cc3)c1O)CCC2=O. The zero-order valence-corrected chi connectivity index (χ0v) is 16.9. The highest BCUT2D eigenvalue weighted by atomic mass is 19.1. The van der Waals surface area contributed by atoms with Crippen LogP contribution >= 0.6 is 0 Å². The van der Waals surface area contributed by atoms with E-state index in [1.165, 1.54) is 12.1 Å². The third-order valence-electron chi connectivity index (χ3n) is 6.05. The molecule has 0 saturated carbocycles. The Morgan fingerprint density at radius 2 is 1.79 bits per heavy atom. The van der Waals surface area contributed by atoms with Crippen LogP contribution in [0.5, 0.6) is 5.75 Å². The molecule has 1 N–H and O–H groups in total. The molecule has 1 aliphatic carbocycles. The first-order chi connectivity index (χ1) is 13.8. The van der Waals surface area contributed by atoms with Gasteiger partial charge in [0.2, 0.25) is 0 Å². The molecule has 4 nitrogen and oxygen atoms in total. The summed E-state index contributed by atoms with van der Waals surface area (Å²) in [7, 11) is 0. The number of hydrogen-bond donors (Lipinski definition) is 1. The Bertz CT molecular complexity index is 931. The second-order valence-corrected chi connectivity index (χ2v) is 7.86. The molecule has 2 aromatic carbocycles. The van der Waals surface area contributed by atoms with E-state index in [1.54, 1.807) is 12.1 Å². The van der Waals surface area contributed by atoms with Gasteiger partial charge in [-0.3, -0.25) is 4.79 Å². The van der Waals surface area contributed by atoms with Crippen LogP contribution < -0.4 is 5.11 Å². The summed E-state index contributed by atoms with van der Waals surface area (Å²) in [4.78, 5) is 23.1. The molecule has 154 valence electrons. The summed E-state index contributed by atoms with van der Waals surface area (Å²) in [5.41, 5.74) is 4.81. The number of ketones is 1. The second-order valence-electron chi connectivity index (χ2n) is 7.86. The molecule has 5 heteroatoms. The number of carbonyl (C=O) groups is 2. The van der Waals surface area contributed by atoms with Crippen molar-refractivity contribution in [3.05, 3.63) is 63.5 Å². The third-order valence-corrected chi connectivity index (χ3v) is 6.05. The van der Waals surface area contributed by atoms with Gasteiger partial charge < -0.3 is 15.0 Å². The number of fused-ring (bicyclic) bond motifs is 1. The molecule has 0 fully saturated rings. The second kappa shape index (κ2) is 8.76. The van der Waals surface area contributed by atoms with Gasteiger partial charge in [-0.15, -0.1) is 0 Å². The molecule has 0 aromatic heterocycles. The normalized spacial score (nSPS) is 14.1. The minimum Gasteiger partial charge on any atom is -0.550 e. The van der Waals surface area contributed by atoms with Crippen LogP contribution in [0, 0.1) is 19.7 Å². The number of phenols is 1. The van der Waals surface area contributed by atoms with E-state index in [4.69, 9.17) is 0 Å². The van der Waals surface area contributed by atoms with Crippen molar-refractivity contribution in [2.45, 2.75) is 64.7 Å². The van der Waals surface area contributed by atoms with Gasteiger partial charge in [-0.05, 0) is 73.9 Å². The molecule has 0 aliphatic heterocycles. The largest absolute Gasteiger partial charge is 0.550 e. The predicted octanol–water partition coefficient (Wildman–Crippen LogP) is 4.11. The first-order valence-electron chi connectivity index (χ1n) is 10.1. The molecule has 2 aromatic rings. The van der Waals surface area contributed by atoms with Crippen molar-refractivity contribution >= 4 is 11.8 Å². The number of carboxylic acids is 1. The van der Waals surface area contributed by atoms with Crippen molar-refractivity contribution in [2.24, 2.45) is 0 Å². The van der Waals surface area contributed by atoms with Crippen LogP contribution in [0.4, 0.5) is 4.39 Å². The van der Waals surface area contributed by atoms with E-state index in [1.807, 2.05) is 13.8 Å². The minimum absolute atomic E-state index is 0.0278. The first kappa shape index (κ1) is 21.0. The van der Waals surface area contributed by atoms with Gasteiger partial charge in [0, 0.05) is 29.4 Å². The van der Waals surface area contributed by atoms with Gasteiger partial charge in [-0.25, -0.2) is 4.39 Å². The number of aromatic hydroxyl groups is 1. The van der Waals surface area contributed by atoms with E-state index in [2.05, 4.69) is 0 Å². The van der Waals surface area contributed by atoms with E-state index < -0.39 is 5.97 Å². The number of Topliss-reactive ketones (excluding diaryl/α,β-unsaturated/α-hetero) is 1. The maximum absolute atomic E-state index is 13.5. The lowest BCUT2D eigenvalue weighted by atomic mass is 9.80. The summed E-state index contributed by atoms with van der Waals surface area (Å²) in [5, 5.41) is 21.7. The van der Waals surface area contributed by atoms with Crippen LogP contribution in [-0.4, -0.2) is 16.9 Å². The number of carbonyl (C=O) groups excluding carboxylic acids is 2. The fourth-order valence-electron chi connectivity index (χ4n) is 4.41. The van der Waals surface area contributed by atoms with Crippen molar-refractivity contribution in [1.29, 1.82) is 0 Å². The lowest BCUT2D eigenvalue weighted by Crippen LogP contribution is -2.21. The lowest BCUT2D eigenvalue weighted by Gasteiger charge is -2.25. The van der Waals surface area contributed by atoms with Gasteiger partial charge in [0.25, 0.3) is 0 Å². The number of phenolic OH excluding ortho intramolecular Hbond substituents is 1. The highest BCUT2D eigenvalue weighted by Gasteiger charge is 2.32. The maximum Gasteiger partial charge on any atom is 0.163 e. The molecule has 3 rings (SSSR count). The molecule has 0 saturated heterocycles. The Labute approximate surface area is 170 Å². The van der Waals surface area contributed by atoms with Gasteiger partial charge in [-0.1, -0.05) is 25.0 Å². The van der Waals surface area contributed by atoms with Gasteiger partial charge in [0.05, 0.1) is 0 Å². The van der Waals surface area contributed by atoms with Crippen molar-refractivity contribution in [1.82, 2.24) is 0 Å². The third kappa shape index (κ3) is 4.34. The highest BCUT2D eigenvalue weighted by Crippen LogP contribution is 2.45. The zero-order valence-electron chi connectivity index (χ0n) is 16.9. The zero-order chi connectivity index (χ0) is 21.1. The van der Waals surface area contributed by atoms with E-state index in [9.17, 15) is 24.2 Å². The standard InChI is InChI=1S/C24H27FO4/c1-14-15(2)24(29)23(19-12-13-20(26)22(14)19)18(6-4-3-5-7-21(27)28)16-8-10-17(25)11-9-16/h8-11,18,29H,3-7,12-13H2,1-2H3,(H,27,28)/p-1/t18-/m1/s1. The number of carboxylic acid groups (broad SMARTS) is 1. The summed E-state index contributed by atoms with van der Waals surface area (Å²) in [6.07, 6.45) is 3.75. The molecule has 0 bridgehead atoms. The quantitative estimate of drug-likeness (QED) is 0.680. The van der Waals surface area contributed by atoms with Crippen LogP contribution in [0.2, 0.25) is 0 Å².